The number of hydrogen-bond acceptors (Lipinski definition) is 4. The van der Waals surface area contributed by atoms with Crippen LogP contribution in [0.1, 0.15) is 16.7 Å². The lowest BCUT2D eigenvalue weighted by atomic mass is 10.1. The Hall–Kier alpha value is -3.32. The van der Waals surface area contributed by atoms with Crippen LogP contribution in [-0.4, -0.2) is 20.9 Å². The number of carbonyl (C=O) groups is 1. The molecule has 0 aliphatic carbocycles. The molecule has 7 heteroatoms. The number of aryl methyl sites for hydroxylation is 3. The van der Waals surface area contributed by atoms with Crippen molar-refractivity contribution in [2.24, 2.45) is 0 Å². The summed E-state index contributed by atoms with van der Waals surface area (Å²) < 4.78 is 33.2. The molecule has 3 aromatic carbocycles. The van der Waals surface area contributed by atoms with E-state index in [4.69, 9.17) is 4.74 Å². The van der Waals surface area contributed by atoms with Crippen molar-refractivity contribution in [2.75, 3.05) is 16.6 Å². The number of rotatable bonds is 7. The van der Waals surface area contributed by atoms with Crippen molar-refractivity contribution < 1.29 is 17.9 Å². The molecule has 3 aromatic rings. The van der Waals surface area contributed by atoms with Crippen LogP contribution < -0.4 is 14.8 Å². The molecule has 30 heavy (non-hydrogen) atoms. The fourth-order valence-corrected chi connectivity index (χ4v) is 3.77. The molecule has 0 saturated carbocycles. The lowest BCUT2D eigenvalue weighted by Gasteiger charge is -2.11. The van der Waals surface area contributed by atoms with Crippen molar-refractivity contribution in [3.05, 3.63) is 83.4 Å². The van der Waals surface area contributed by atoms with Gasteiger partial charge in [-0.25, -0.2) is 8.42 Å². The van der Waals surface area contributed by atoms with Crippen molar-refractivity contribution in [3.63, 3.8) is 0 Å². The summed E-state index contributed by atoms with van der Waals surface area (Å²) in [7, 11) is -3.73. The van der Waals surface area contributed by atoms with Gasteiger partial charge in [-0.15, -0.1) is 0 Å². The van der Waals surface area contributed by atoms with Gasteiger partial charge in [0, 0.05) is 11.4 Å². The summed E-state index contributed by atoms with van der Waals surface area (Å²) in [5, 5.41) is 2.69. The SMILES string of the molecule is Cc1ccc(OCC(=O)Nc2ccc(S(=O)(=O)Nc3ccc(C)c(C)c3)cc2)cc1. The second-order valence-corrected chi connectivity index (χ2v) is 8.76. The van der Waals surface area contributed by atoms with Crippen LogP contribution in [0.3, 0.4) is 0 Å². The number of anilines is 2. The van der Waals surface area contributed by atoms with E-state index >= 15 is 0 Å². The minimum Gasteiger partial charge on any atom is -0.484 e. The quantitative estimate of drug-likeness (QED) is 0.588. The minimum atomic E-state index is -3.73. The molecule has 0 saturated heterocycles. The van der Waals surface area contributed by atoms with Crippen LogP contribution in [0, 0.1) is 20.8 Å². The average Bonchev–Trinajstić information content (AvgIpc) is 2.70. The summed E-state index contributed by atoms with van der Waals surface area (Å²) in [6.07, 6.45) is 0. The van der Waals surface area contributed by atoms with Crippen molar-refractivity contribution >= 4 is 27.3 Å². The first-order chi connectivity index (χ1) is 14.2. The van der Waals surface area contributed by atoms with Crippen LogP contribution in [0.15, 0.2) is 71.6 Å². The Kier molecular flexibility index (Phi) is 6.42. The van der Waals surface area contributed by atoms with E-state index in [0.29, 0.717) is 17.1 Å². The number of sulfonamides is 1. The van der Waals surface area contributed by atoms with Gasteiger partial charge in [0.05, 0.1) is 4.90 Å². The Balaban J connectivity index is 1.59. The molecule has 0 aromatic heterocycles. The average molecular weight is 425 g/mol. The molecule has 1 amide bonds. The van der Waals surface area contributed by atoms with Crippen LogP contribution in [0.25, 0.3) is 0 Å². The fraction of sp³-hybridized carbons (Fsp3) is 0.174. The van der Waals surface area contributed by atoms with Crippen molar-refractivity contribution in [1.82, 2.24) is 0 Å². The summed E-state index contributed by atoms with van der Waals surface area (Å²) >= 11 is 0. The van der Waals surface area contributed by atoms with E-state index < -0.39 is 10.0 Å². The third-order valence-corrected chi connectivity index (χ3v) is 6.00. The smallest absolute Gasteiger partial charge is 0.262 e. The molecule has 0 aliphatic rings. The maximum atomic E-state index is 12.6. The first-order valence-corrected chi connectivity index (χ1v) is 10.9. The zero-order valence-corrected chi connectivity index (χ0v) is 17.9. The molecule has 0 heterocycles. The van der Waals surface area contributed by atoms with Gasteiger partial charge in [0.1, 0.15) is 5.75 Å². The van der Waals surface area contributed by atoms with Gasteiger partial charge in [-0.05, 0) is 80.4 Å². The van der Waals surface area contributed by atoms with Gasteiger partial charge in [-0.2, -0.15) is 0 Å². The summed E-state index contributed by atoms with van der Waals surface area (Å²) in [5.74, 6) is 0.272. The van der Waals surface area contributed by atoms with Gasteiger partial charge in [0.25, 0.3) is 15.9 Å². The lowest BCUT2D eigenvalue weighted by Crippen LogP contribution is -2.20. The summed E-state index contributed by atoms with van der Waals surface area (Å²) in [5.41, 5.74) is 4.18. The van der Waals surface area contributed by atoms with Gasteiger partial charge in [-0.3, -0.25) is 9.52 Å². The summed E-state index contributed by atoms with van der Waals surface area (Å²) in [6, 6.07) is 18.7. The van der Waals surface area contributed by atoms with Gasteiger partial charge in [0.2, 0.25) is 0 Å². The minimum absolute atomic E-state index is 0.106. The van der Waals surface area contributed by atoms with E-state index in [2.05, 4.69) is 10.0 Å². The first-order valence-electron chi connectivity index (χ1n) is 9.42. The highest BCUT2D eigenvalue weighted by Gasteiger charge is 2.15. The molecule has 3 rings (SSSR count). The third-order valence-electron chi connectivity index (χ3n) is 4.60. The Bertz CT molecular complexity index is 1140. The number of nitrogens with one attached hydrogen (secondary N) is 2. The van der Waals surface area contributed by atoms with E-state index in [9.17, 15) is 13.2 Å². The highest BCUT2D eigenvalue weighted by molar-refractivity contribution is 7.92. The molecule has 0 fully saturated rings. The third kappa shape index (κ3) is 5.61. The Morgan fingerprint density at radius 2 is 1.47 bits per heavy atom. The molecule has 0 spiro atoms. The molecular weight excluding hydrogens is 400 g/mol. The highest BCUT2D eigenvalue weighted by atomic mass is 32.2. The second kappa shape index (κ2) is 9.00. The molecule has 0 bridgehead atoms. The monoisotopic (exact) mass is 424 g/mol. The van der Waals surface area contributed by atoms with Crippen LogP contribution in [0.2, 0.25) is 0 Å². The molecule has 0 aliphatic heterocycles. The predicted molar refractivity (Wildman–Crippen MR) is 118 cm³/mol. The van der Waals surface area contributed by atoms with Crippen molar-refractivity contribution in [1.29, 1.82) is 0 Å². The number of benzene rings is 3. The van der Waals surface area contributed by atoms with Crippen LogP contribution in [0.5, 0.6) is 5.75 Å². The van der Waals surface area contributed by atoms with E-state index in [-0.39, 0.29) is 17.4 Å². The van der Waals surface area contributed by atoms with E-state index in [1.807, 2.05) is 39.0 Å². The van der Waals surface area contributed by atoms with Gasteiger partial charge >= 0.3 is 0 Å². The lowest BCUT2D eigenvalue weighted by molar-refractivity contribution is -0.118. The zero-order chi connectivity index (χ0) is 21.7. The maximum absolute atomic E-state index is 12.6. The second-order valence-electron chi connectivity index (χ2n) is 7.08. The standard InChI is InChI=1S/C23H24N2O4S/c1-16-4-10-21(11-5-16)29-15-23(26)24-19-8-12-22(13-9-19)30(27,28)25-20-7-6-17(2)18(3)14-20/h4-14,25H,15H2,1-3H3,(H,24,26). The highest BCUT2D eigenvalue weighted by Crippen LogP contribution is 2.20. The molecule has 0 atom stereocenters. The largest absolute Gasteiger partial charge is 0.484 e. The number of amides is 1. The normalized spacial score (nSPS) is 11.0. The Morgan fingerprint density at radius 1 is 0.833 bits per heavy atom. The summed E-state index contributed by atoms with van der Waals surface area (Å²) in [6.45, 7) is 5.72. The number of ether oxygens (including phenoxy) is 1. The van der Waals surface area contributed by atoms with E-state index in [1.54, 1.807) is 36.4 Å². The van der Waals surface area contributed by atoms with E-state index in [1.165, 1.54) is 12.1 Å². The Morgan fingerprint density at radius 3 is 2.10 bits per heavy atom. The molecule has 2 N–H and O–H groups in total. The van der Waals surface area contributed by atoms with Crippen LogP contribution in [-0.2, 0) is 14.8 Å². The van der Waals surface area contributed by atoms with Gasteiger partial charge in [0.15, 0.2) is 6.61 Å². The van der Waals surface area contributed by atoms with E-state index in [0.717, 1.165) is 16.7 Å². The van der Waals surface area contributed by atoms with Gasteiger partial charge < -0.3 is 10.1 Å². The molecule has 0 radical (unpaired) electrons. The van der Waals surface area contributed by atoms with Crippen molar-refractivity contribution in [2.45, 2.75) is 25.7 Å². The maximum Gasteiger partial charge on any atom is 0.262 e. The van der Waals surface area contributed by atoms with Crippen LogP contribution in [0.4, 0.5) is 11.4 Å². The molecule has 156 valence electrons. The first kappa shape index (κ1) is 21.4. The Labute approximate surface area is 177 Å². The fourth-order valence-electron chi connectivity index (χ4n) is 2.72. The molecule has 0 unspecified atom stereocenters. The molecule has 6 nitrogen and oxygen atoms in total. The number of hydrogen-bond donors (Lipinski definition) is 2. The van der Waals surface area contributed by atoms with Gasteiger partial charge in [-0.1, -0.05) is 23.8 Å². The number of carbonyl (C=O) groups excluding carboxylic acids is 1. The van der Waals surface area contributed by atoms with Crippen molar-refractivity contribution in [3.8, 4) is 5.75 Å². The van der Waals surface area contributed by atoms with Crippen LogP contribution >= 0.6 is 0 Å². The summed E-state index contributed by atoms with van der Waals surface area (Å²) in [4.78, 5) is 12.2. The topological polar surface area (TPSA) is 84.5 Å². The predicted octanol–water partition coefficient (Wildman–Crippen LogP) is 4.43. The zero-order valence-electron chi connectivity index (χ0n) is 17.1. The molecular formula is C23H24N2O4S.